The fourth-order valence-electron chi connectivity index (χ4n) is 1.92. The number of hydrogen-bond donors (Lipinski definition) is 1. The molecule has 1 N–H and O–H groups in total. The van der Waals surface area contributed by atoms with Gasteiger partial charge in [-0.05, 0) is 44.7 Å². The molecule has 2 aromatic rings. The van der Waals surface area contributed by atoms with Crippen LogP contribution >= 0.6 is 22.7 Å². The normalized spacial score (nSPS) is 14.8. The highest BCUT2D eigenvalue weighted by Gasteiger charge is 2.15. The molecular formula is C13H18N2S2. The molecule has 0 spiro atoms. The third kappa shape index (κ3) is 2.94. The van der Waals surface area contributed by atoms with Gasteiger partial charge in [0.25, 0.3) is 0 Å². The molecule has 0 bridgehead atoms. The summed E-state index contributed by atoms with van der Waals surface area (Å²) in [6.45, 7) is 8.66. The Morgan fingerprint density at radius 1 is 1.24 bits per heavy atom. The van der Waals surface area contributed by atoms with Gasteiger partial charge in [0.1, 0.15) is 5.01 Å². The highest BCUT2D eigenvalue weighted by atomic mass is 32.1. The van der Waals surface area contributed by atoms with E-state index in [-0.39, 0.29) is 0 Å². The second kappa shape index (κ2) is 5.29. The fourth-order valence-corrected chi connectivity index (χ4v) is 3.65. The number of thiazole rings is 1. The van der Waals surface area contributed by atoms with Crippen molar-refractivity contribution in [2.45, 2.75) is 39.8 Å². The Morgan fingerprint density at radius 2 is 2.00 bits per heavy atom. The molecule has 2 heterocycles. The third-order valence-corrected chi connectivity index (χ3v) is 5.10. The Bertz CT molecular complexity index is 487. The molecule has 17 heavy (non-hydrogen) atoms. The molecule has 0 aliphatic rings. The second-order valence-electron chi connectivity index (χ2n) is 4.39. The first-order chi connectivity index (χ1) is 8.08. The van der Waals surface area contributed by atoms with Crippen LogP contribution in [0.2, 0.25) is 0 Å². The molecule has 2 atom stereocenters. The first-order valence-electron chi connectivity index (χ1n) is 5.80. The van der Waals surface area contributed by atoms with Crippen molar-refractivity contribution < 1.29 is 0 Å². The number of thiophene rings is 1. The SMILES string of the molecule is Cc1cnc(C(C)NC(C)c2sccc2C)s1. The van der Waals surface area contributed by atoms with E-state index in [1.54, 1.807) is 11.3 Å². The molecule has 0 saturated heterocycles. The van der Waals surface area contributed by atoms with Gasteiger partial charge in [0, 0.05) is 22.0 Å². The van der Waals surface area contributed by atoms with Crippen LogP contribution in [0.1, 0.15) is 46.3 Å². The van der Waals surface area contributed by atoms with Gasteiger partial charge in [0.2, 0.25) is 0 Å². The summed E-state index contributed by atoms with van der Waals surface area (Å²) in [7, 11) is 0. The Balaban J connectivity index is 2.04. The maximum absolute atomic E-state index is 4.43. The van der Waals surface area contributed by atoms with Crippen LogP contribution in [0.4, 0.5) is 0 Å². The van der Waals surface area contributed by atoms with Crippen LogP contribution in [0, 0.1) is 13.8 Å². The van der Waals surface area contributed by atoms with E-state index in [1.807, 2.05) is 17.5 Å². The second-order valence-corrected chi connectivity index (χ2v) is 6.60. The molecule has 0 fully saturated rings. The predicted octanol–water partition coefficient (Wildman–Crippen LogP) is 4.23. The van der Waals surface area contributed by atoms with E-state index in [0.717, 1.165) is 0 Å². The quantitative estimate of drug-likeness (QED) is 0.895. The average Bonchev–Trinajstić information content (AvgIpc) is 2.86. The molecule has 0 radical (unpaired) electrons. The monoisotopic (exact) mass is 266 g/mol. The number of nitrogens with zero attached hydrogens (tertiary/aromatic N) is 1. The van der Waals surface area contributed by atoms with E-state index in [9.17, 15) is 0 Å². The van der Waals surface area contributed by atoms with E-state index in [1.165, 1.54) is 20.3 Å². The van der Waals surface area contributed by atoms with Crippen molar-refractivity contribution in [3.05, 3.63) is 38.0 Å². The van der Waals surface area contributed by atoms with Crippen molar-refractivity contribution in [2.24, 2.45) is 0 Å². The topological polar surface area (TPSA) is 24.9 Å². The number of aromatic nitrogens is 1. The number of aryl methyl sites for hydroxylation is 2. The molecule has 0 aromatic carbocycles. The molecule has 0 saturated carbocycles. The van der Waals surface area contributed by atoms with Crippen LogP contribution in [0.3, 0.4) is 0 Å². The van der Waals surface area contributed by atoms with Crippen LogP contribution < -0.4 is 5.32 Å². The van der Waals surface area contributed by atoms with E-state index < -0.39 is 0 Å². The lowest BCUT2D eigenvalue weighted by Gasteiger charge is -2.18. The van der Waals surface area contributed by atoms with Gasteiger partial charge in [0.05, 0.1) is 6.04 Å². The average molecular weight is 266 g/mol. The third-order valence-electron chi connectivity index (χ3n) is 2.80. The number of nitrogens with one attached hydrogen (secondary N) is 1. The Kier molecular flexibility index (Phi) is 3.97. The lowest BCUT2D eigenvalue weighted by atomic mass is 10.1. The standard InChI is InChI=1S/C13H18N2S2/c1-8-5-6-16-12(8)10(3)15-11(4)13-14-7-9(2)17-13/h5-7,10-11,15H,1-4H3. The van der Waals surface area contributed by atoms with E-state index in [4.69, 9.17) is 0 Å². The zero-order valence-corrected chi connectivity index (χ0v) is 12.3. The van der Waals surface area contributed by atoms with Crippen LogP contribution in [-0.2, 0) is 0 Å². The lowest BCUT2D eigenvalue weighted by Crippen LogP contribution is -2.22. The maximum atomic E-state index is 4.43. The Labute approximate surface area is 111 Å². The van der Waals surface area contributed by atoms with Crippen LogP contribution in [0.5, 0.6) is 0 Å². The largest absolute Gasteiger partial charge is 0.301 e. The van der Waals surface area contributed by atoms with Gasteiger partial charge >= 0.3 is 0 Å². The molecule has 2 nitrogen and oxygen atoms in total. The predicted molar refractivity (Wildman–Crippen MR) is 75.9 cm³/mol. The summed E-state index contributed by atoms with van der Waals surface area (Å²) >= 11 is 3.59. The molecule has 0 aliphatic carbocycles. The number of hydrogen-bond acceptors (Lipinski definition) is 4. The van der Waals surface area contributed by atoms with Crippen molar-refractivity contribution >= 4 is 22.7 Å². The highest BCUT2D eigenvalue weighted by Crippen LogP contribution is 2.27. The van der Waals surface area contributed by atoms with E-state index >= 15 is 0 Å². The minimum Gasteiger partial charge on any atom is -0.301 e. The van der Waals surface area contributed by atoms with Crippen molar-refractivity contribution in [2.75, 3.05) is 0 Å². The van der Waals surface area contributed by atoms with Gasteiger partial charge in [-0.3, -0.25) is 0 Å². The zero-order chi connectivity index (χ0) is 12.4. The van der Waals surface area contributed by atoms with Crippen LogP contribution in [-0.4, -0.2) is 4.98 Å². The summed E-state index contributed by atoms with van der Waals surface area (Å²) in [5.41, 5.74) is 1.37. The molecule has 0 amide bonds. The minimum atomic E-state index is 0.310. The molecule has 0 aliphatic heterocycles. The minimum absolute atomic E-state index is 0.310. The molecule has 2 aromatic heterocycles. The van der Waals surface area contributed by atoms with Crippen LogP contribution in [0.25, 0.3) is 0 Å². The summed E-state index contributed by atoms with van der Waals surface area (Å²) in [5.74, 6) is 0. The molecule has 2 unspecified atom stereocenters. The smallest absolute Gasteiger partial charge is 0.109 e. The summed E-state index contributed by atoms with van der Waals surface area (Å²) in [5, 5.41) is 6.93. The van der Waals surface area contributed by atoms with Gasteiger partial charge in [-0.1, -0.05) is 0 Å². The summed E-state index contributed by atoms with van der Waals surface area (Å²) in [6.07, 6.45) is 1.94. The summed E-state index contributed by atoms with van der Waals surface area (Å²) in [4.78, 5) is 7.13. The van der Waals surface area contributed by atoms with Crippen LogP contribution in [0.15, 0.2) is 17.6 Å². The van der Waals surface area contributed by atoms with Gasteiger partial charge in [-0.25, -0.2) is 4.98 Å². The van der Waals surface area contributed by atoms with Crippen molar-refractivity contribution in [1.82, 2.24) is 10.3 Å². The molecule has 4 heteroatoms. The highest BCUT2D eigenvalue weighted by molar-refractivity contribution is 7.11. The molecular weight excluding hydrogens is 248 g/mol. The number of rotatable bonds is 4. The fraction of sp³-hybridized carbons (Fsp3) is 0.462. The van der Waals surface area contributed by atoms with Crippen molar-refractivity contribution in [3.63, 3.8) is 0 Å². The van der Waals surface area contributed by atoms with Gasteiger partial charge in [0.15, 0.2) is 0 Å². The van der Waals surface area contributed by atoms with E-state index in [0.29, 0.717) is 12.1 Å². The zero-order valence-electron chi connectivity index (χ0n) is 10.7. The first-order valence-corrected chi connectivity index (χ1v) is 7.50. The van der Waals surface area contributed by atoms with Crippen molar-refractivity contribution in [3.8, 4) is 0 Å². The summed E-state index contributed by atoms with van der Waals surface area (Å²) < 4.78 is 0. The molecule has 2 rings (SSSR count). The van der Waals surface area contributed by atoms with E-state index in [2.05, 4.69) is 49.4 Å². The first kappa shape index (κ1) is 12.7. The Morgan fingerprint density at radius 3 is 2.53 bits per heavy atom. The van der Waals surface area contributed by atoms with Gasteiger partial charge < -0.3 is 5.32 Å². The maximum Gasteiger partial charge on any atom is 0.109 e. The van der Waals surface area contributed by atoms with Gasteiger partial charge in [-0.15, -0.1) is 22.7 Å². The van der Waals surface area contributed by atoms with Crippen molar-refractivity contribution in [1.29, 1.82) is 0 Å². The lowest BCUT2D eigenvalue weighted by molar-refractivity contribution is 0.497. The molecule has 92 valence electrons. The van der Waals surface area contributed by atoms with Gasteiger partial charge in [-0.2, -0.15) is 0 Å². The summed E-state index contributed by atoms with van der Waals surface area (Å²) in [6, 6.07) is 2.87. The Hall–Kier alpha value is -0.710.